The van der Waals surface area contributed by atoms with E-state index in [0.717, 1.165) is 4.47 Å². The monoisotopic (exact) mass is 480 g/mol. The lowest BCUT2D eigenvalue weighted by molar-refractivity contribution is -0.139. The molecular formula is C19H17BrN2O6S. The quantitative estimate of drug-likeness (QED) is 0.632. The molecule has 29 heavy (non-hydrogen) atoms. The Morgan fingerprint density at radius 1 is 1.17 bits per heavy atom. The summed E-state index contributed by atoms with van der Waals surface area (Å²) in [6.07, 6.45) is 0. The highest BCUT2D eigenvalue weighted by atomic mass is 79.9. The fourth-order valence-corrected chi connectivity index (χ4v) is 3.83. The topological polar surface area (TPSA) is 127 Å². The van der Waals surface area contributed by atoms with Gasteiger partial charge in [-0.3, -0.25) is 9.69 Å². The fourth-order valence-electron chi connectivity index (χ4n) is 3.05. The van der Waals surface area contributed by atoms with Crippen LogP contribution in [-0.4, -0.2) is 32.0 Å². The van der Waals surface area contributed by atoms with E-state index in [1.807, 2.05) is 0 Å². The molecule has 0 unspecified atom stereocenters. The molecule has 0 aromatic heterocycles. The number of benzene rings is 2. The van der Waals surface area contributed by atoms with Gasteiger partial charge in [-0.1, -0.05) is 28.1 Å². The molecule has 3 N–H and O–H groups in total. The van der Waals surface area contributed by atoms with Crippen molar-refractivity contribution in [2.45, 2.75) is 17.9 Å². The summed E-state index contributed by atoms with van der Waals surface area (Å²) in [5.74, 6) is -2.33. The maximum atomic E-state index is 12.8. The van der Waals surface area contributed by atoms with Crippen LogP contribution in [0, 0.1) is 0 Å². The summed E-state index contributed by atoms with van der Waals surface area (Å²) >= 11 is 3.33. The summed E-state index contributed by atoms with van der Waals surface area (Å²) in [5, 5.41) is 15.5. The van der Waals surface area contributed by atoms with E-state index in [1.165, 1.54) is 29.2 Å². The highest BCUT2D eigenvalue weighted by molar-refractivity contribution is 9.10. The van der Waals surface area contributed by atoms with E-state index in [2.05, 4.69) is 15.9 Å². The number of nitrogens with zero attached hydrogens (tertiary/aromatic N) is 1. The number of esters is 1. The van der Waals surface area contributed by atoms with Gasteiger partial charge in [0.05, 0.1) is 17.5 Å². The molecule has 3 rings (SSSR count). The predicted molar refractivity (Wildman–Crippen MR) is 108 cm³/mol. The van der Waals surface area contributed by atoms with Gasteiger partial charge < -0.3 is 9.84 Å². The third kappa shape index (κ3) is 4.04. The number of hydrogen-bond acceptors (Lipinski definition) is 6. The highest BCUT2D eigenvalue weighted by Crippen LogP contribution is 2.41. The Kier molecular flexibility index (Phi) is 5.78. The number of rotatable bonds is 5. The van der Waals surface area contributed by atoms with E-state index in [-0.39, 0.29) is 22.8 Å². The Morgan fingerprint density at radius 3 is 2.28 bits per heavy atom. The molecule has 1 atom stereocenters. The van der Waals surface area contributed by atoms with E-state index >= 15 is 0 Å². The van der Waals surface area contributed by atoms with E-state index < -0.39 is 33.7 Å². The second-order valence-corrected chi connectivity index (χ2v) is 8.63. The first-order valence-electron chi connectivity index (χ1n) is 8.47. The van der Waals surface area contributed by atoms with Crippen molar-refractivity contribution < 1.29 is 27.9 Å². The first-order chi connectivity index (χ1) is 13.6. The summed E-state index contributed by atoms with van der Waals surface area (Å²) in [6, 6.07) is 11.2. The van der Waals surface area contributed by atoms with Crippen LogP contribution in [0.5, 0.6) is 0 Å². The second-order valence-electron chi connectivity index (χ2n) is 6.15. The van der Waals surface area contributed by atoms with Gasteiger partial charge in [-0.15, -0.1) is 0 Å². The number of carbonyl (C=O) groups is 2. The highest BCUT2D eigenvalue weighted by Gasteiger charge is 2.45. The van der Waals surface area contributed by atoms with Crippen LogP contribution in [0.4, 0.5) is 5.69 Å². The first kappa shape index (κ1) is 21.0. The average molecular weight is 481 g/mol. The van der Waals surface area contributed by atoms with Crippen molar-refractivity contribution in [1.82, 2.24) is 0 Å². The Balaban J connectivity index is 2.13. The third-order valence-electron chi connectivity index (χ3n) is 4.33. The fraction of sp³-hybridized carbons (Fsp3) is 0.158. The molecule has 1 amide bonds. The van der Waals surface area contributed by atoms with E-state index in [0.29, 0.717) is 5.56 Å². The van der Waals surface area contributed by atoms with Gasteiger partial charge in [-0.25, -0.2) is 18.4 Å². The average Bonchev–Trinajstić information content (AvgIpc) is 2.93. The van der Waals surface area contributed by atoms with Crippen LogP contribution in [-0.2, 0) is 24.3 Å². The SMILES string of the molecule is CCOC(=O)C1=C(O)C(=O)N(c2ccc(S(N)(=O)=O)cc2)[C@H]1c1ccc(Br)cc1. The zero-order valence-corrected chi connectivity index (χ0v) is 17.6. The zero-order valence-electron chi connectivity index (χ0n) is 15.2. The van der Waals surface area contributed by atoms with Crippen LogP contribution < -0.4 is 10.0 Å². The van der Waals surface area contributed by atoms with E-state index in [4.69, 9.17) is 9.88 Å². The van der Waals surface area contributed by atoms with Crippen molar-refractivity contribution in [3.8, 4) is 0 Å². The van der Waals surface area contributed by atoms with Gasteiger partial charge in [0, 0.05) is 10.2 Å². The van der Waals surface area contributed by atoms with Crippen LogP contribution in [0.2, 0.25) is 0 Å². The number of aliphatic hydroxyl groups excluding tert-OH is 1. The first-order valence-corrected chi connectivity index (χ1v) is 10.8. The van der Waals surface area contributed by atoms with Gasteiger partial charge in [-0.05, 0) is 48.9 Å². The molecule has 0 bridgehead atoms. The number of amides is 1. The molecule has 0 saturated carbocycles. The number of carbonyl (C=O) groups excluding carboxylic acids is 2. The van der Waals surface area contributed by atoms with Crippen molar-refractivity contribution in [2.24, 2.45) is 5.14 Å². The van der Waals surface area contributed by atoms with Gasteiger partial charge in [-0.2, -0.15) is 0 Å². The lowest BCUT2D eigenvalue weighted by Gasteiger charge is -2.26. The second kappa shape index (κ2) is 7.97. The Labute approximate surface area is 175 Å². The molecule has 10 heteroatoms. The third-order valence-corrected chi connectivity index (χ3v) is 5.79. The van der Waals surface area contributed by atoms with Crippen LogP contribution in [0.1, 0.15) is 18.5 Å². The smallest absolute Gasteiger partial charge is 0.340 e. The van der Waals surface area contributed by atoms with E-state index in [1.54, 1.807) is 31.2 Å². The predicted octanol–water partition coefficient (Wildman–Crippen LogP) is 2.56. The van der Waals surface area contributed by atoms with Crippen molar-refractivity contribution in [3.05, 3.63) is 69.9 Å². The number of aliphatic hydroxyl groups is 1. The molecule has 2 aromatic rings. The lowest BCUT2D eigenvalue weighted by atomic mass is 9.99. The standard InChI is InChI=1S/C19H17BrN2O6S/c1-2-28-19(25)15-16(11-3-5-12(20)6-4-11)22(18(24)17(15)23)13-7-9-14(10-8-13)29(21,26)27/h3-10,16,23H,2H2,1H3,(H2,21,26,27)/t16-/m0/s1. The van der Waals surface area contributed by atoms with Crippen molar-refractivity contribution in [3.63, 3.8) is 0 Å². The number of primary sulfonamides is 1. The number of hydrogen-bond donors (Lipinski definition) is 2. The largest absolute Gasteiger partial charge is 0.503 e. The van der Waals surface area contributed by atoms with Crippen molar-refractivity contribution in [1.29, 1.82) is 0 Å². The van der Waals surface area contributed by atoms with Gasteiger partial charge in [0.2, 0.25) is 10.0 Å². The zero-order chi connectivity index (χ0) is 21.3. The number of sulfonamides is 1. The Morgan fingerprint density at radius 2 is 1.76 bits per heavy atom. The molecule has 0 saturated heterocycles. The normalized spacial score (nSPS) is 17.0. The van der Waals surface area contributed by atoms with Crippen LogP contribution in [0.15, 0.2) is 69.2 Å². The molecule has 0 spiro atoms. The van der Waals surface area contributed by atoms with Crippen LogP contribution in [0.3, 0.4) is 0 Å². The van der Waals surface area contributed by atoms with E-state index in [9.17, 15) is 23.1 Å². The molecular weight excluding hydrogens is 464 g/mol. The maximum absolute atomic E-state index is 12.8. The molecule has 1 heterocycles. The minimum absolute atomic E-state index is 0.0694. The molecule has 1 aliphatic rings. The van der Waals surface area contributed by atoms with Gasteiger partial charge >= 0.3 is 5.97 Å². The maximum Gasteiger partial charge on any atom is 0.340 e. The molecule has 0 fully saturated rings. The summed E-state index contributed by atoms with van der Waals surface area (Å²) < 4.78 is 28.8. The van der Waals surface area contributed by atoms with Crippen LogP contribution in [0.25, 0.3) is 0 Å². The molecule has 2 aromatic carbocycles. The molecule has 0 radical (unpaired) electrons. The van der Waals surface area contributed by atoms with Crippen LogP contribution >= 0.6 is 15.9 Å². The molecule has 8 nitrogen and oxygen atoms in total. The Hall–Kier alpha value is -2.69. The Bertz CT molecular complexity index is 1090. The summed E-state index contributed by atoms with van der Waals surface area (Å²) in [6.45, 7) is 1.69. The summed E-state index contributed by atoms with van der Waals surface area (Å²) in [7, 11) is -3.91. The number of ether oxygens (including phenoxy) is 1. The van der Waals surface area contributed by atoms with Crippen molar-refractivity contribution in [2.75, 3.05) is 11.5 Å². The number of nitrogens with two attached hydrogens (primary N) is 1. The minimum Gasteiger partial charge on any atom is -0.503 e. The minimum atomic E-state index is -3.91. The number of anilines is 1. The summed E-state index contributed by atoms with van der Waals surface area (Å²) in [4.78, 5) is 26.4. The summed E-state index contributed by atoms with van der Waals surface area (Å²) in [5.41, 5.74) is 0.653. The van der Waals surface area contributed by atoms with Gasteiger partial charge in [0.25, 0.3) is 5.91 Å². The van der Waals surface area contributed by atoms with Crippen molar-refractivity contribution >= 4 is 43.5 Å². The lowest BCUT2D eigenvalue weighted by Crippen LogP contribution is -2.31. The number of halogens is 1. The van der Waals surface area contributed by atoms with Gasteiger partial charge in [0.1, 0.15) is 5.57 Å². The van der Waals surface area contributed by atoms with Gasteiger partial charge in [0.15, 0.2) is 5.76 Å². The molecule has 1 aliphatic heterocycles. The molecule has 152 valence electrons. The molecule has 0 aliphatic carbocycles.